The van der Waals surface area contributed by atoms with E-state index in [2.05, 4.69) is 28.1 Å². The topological polar surface area (TPSA) is 30.2 Å². The zero-order valence-electron chi connectivity index (χ0n) is 11.5. The lowest BCUT2D eigenvalue weighted by Crippen LogP contribution is -1.99. The Bertz CT molecular complexity index is 1000. The van der Waals surface area contributed by atoms with Crippen LogP contribution in [0.1, 0.15) is 0 Å². The second kappa shape index (κ2) is 5.11. The van der Waals surface area contributed by atoms with Crippen LogP contribution in [0.2, 0.25) is 0 Å². The van der Waals surface area contributed by atoms with Gasteiger partial charge in [0, 0.05) is 27.1 Å². The normalized spacial score (nSPS) is 11.1. The molecule has 1 aliphatic carbocycles. The first-order valence-electron chi connectivity index (χ1n) is 6.94. The average molecular weight is 351 g/mol. The van der Waals surface area contributed by atoms with Crippen molar-refractivity contribution in [3.05, 3.63) is 81.4 Å². The van der Waals surface area contributed by atoms with Crippen LogP contribution in [0.3, 0.4) is 0 Å². The summed E-state index contributed by atoms with van der Waals surface area (Å²) in [7, 11) is 0. The van der Waals surface area contributed by atoms with E-state index in [0.717, 1.165) is 32.1 Å². The highest BCUT2D eigenvalue weighted by Crippen LogP contribution is 2.40. The van der Waals surface area contributed by atoms with Crippen molar-refractivity contribution in [2.75, 3.05) is 0 Å². The van der Waals surface area contributed by atoms with Gasteiger partial charge in [-0.05, 0) is 35.9 Å². The van der Waals surface area contributed by atoms with Gasteiger partial charge in [0.15, 0.2) is 5.43 Å². The summed E-state index contributed by atoms with van der Waals surface area (Å²) < 4.78 is 6.92. The lowest BCUT2D eigenvalue weighted by Gasteiger charge is -2.15. The third kappa shape index (κ3) is 2.14. The van der Waals surface area contributed by atoms with Gasteiger partial charge in [0.25, 0.3) is 0 Å². The highest BCUT2D eigenvalue weighted by molar-refractivity contribution is 9.10. The monoisotopic (exact) mass is 350 g/mol. The highest BCUT2D eigenvalue weighted by Gasteiger charge is 2.17. The molecule has 0 N–H and O–H groups in total. The molecule has 2 aliphatic rings. The molecule has 0 saturated carbocycles. The molecule has 0 aromatic heterocycles. The number of halogens is 1. The smallest absolute Gasteiger partial charge is 0.182 e. The second-order valence-electron chi connectivity index (χ2n) is 5.14. The summed E-state index contributed by atoms with van der Waals surface area (Å²) in [4.78, 5) is 11.7. The van der Waals surface area contributed by atoms with Gasteiger partial charge < -0.3 is 4.42 Å². The Morgan fingerprint density at radius 3 is 2.50 bits per heavy atom. The Morgan fingerprint density at radius 2 is 1.68 bits per heavy atom. The first-order chi connectivity index (χ1) is 10.7. The van der Waals surface area contributed by atoms with Crippen LogP contribution in [0, 0.1) is 0 Å². The van der Waals surface area contributed by atoms with Crippen LogP contribution in [0.15, 0.2) is 80.4 Å². The molecule has 2 aromatic rings. The molecule has 0 radical (unpaired) electrons. The molecule has 0 unspecified atom stereocenters. The van der Waals surface area contributed by atoms with E-state index in [1.807, 2.05) is 42.5 Å². The zero-order chi connectivity index (χ0) is 15.1. The average Bonchev–Trinajstić information content (AvgIpc) is 2.53. The Hall–Kier alpha value is -2.39. The van der Waals surface area contributed by atoms with E-state index in [9.17, 15) is 4.79 Å². The van der Waals surface area contributed by atoms with Crippen molar-refractivity contribution >= 4 is 26.9 Å². The van der Waals surface area contributed by atoms with Gasteiger partial charge in [-0.15, -0.1) is 0 Å². The molecule has 1 heterocycles. The van der Waals surface area contributed by atoms with E-state index in [1.165, 1.54) is 0 Å². The third-order valence-electron chi connectivity index (χ3n) is 3.72. The summed E-state index contributed by atoms with van der Waals surface area (Å²) in [6.07, 6.45) is 0. The SMILES string of the molecule is O=c1ccc2c(-c3ccccc3)c3cc(Br)ccc3oc-2c1. The van der Waals surface area contributed by atoms with Gasteiger partial charge in [0.05, 0.1) is 0 Å². The molecule has 0 amide bonds. The lowest BCUT2D eigenvalue weighted by molar-refractivity contribution is 0.619. The Balaban J connectivity index is 2.22. The predicted octanol–water partition coefficient (Wildman–Crippen LogP) is 5.33. The summed E-state index contributed by atoms with van der Waals surface area (Å²) in [6, 6.07) is 21.0. The van der Waals surface area contributed by atoms with E-state index >= 15 is 0 Å². The molecule has 1 aliphatic heterocycles. The first kappa shape index (κ1) is 13.3. The van der Waals surface area contributed by atoms with Crippen LogP contribution in [0.25, 0.3) is 33.4 Å². The van der Waals surface area contributed by atoms with Crippen LogP contribution in [0.5, 0.6) is 0 Å². The standard InChI is InChI=1S/C19H11BrO2/c20-13-6-9-17-16(10-13)19(12-4-2-1-3-5-12)15-8-7-14(21)11-18(15)22-17/h1-11H. The highest BCUT2D eigenvalue weighted by atomic mass is 79.9. The maximum Gasteiger partial charge on any atom is 0.182 e. The number of hydrogen-bond acceptors (Lipinski definition) is 2. The minimum Gasteiger partial charge on any atom is -0.456 e. The van der Waals surface area contributed by atoms with Crippen molar-refractivity contribution in [3.63, 3.8) is 0 Å². The molecule has 2 nitrogen and oxygen atoms in total. The molecule has 3 heteroatoms. The number of benzene rings is 3. The summed E-state index contributed by atoms with van der Waals surface area (Å²) in [6.45, 7) is 0. The molecule has 106 valence electrons. The van der Waals surface area contributed by atoms with E-state index in [-0.39, 0.29) is 5.43 Å². The molecule has 0 saturated heterocycles. The maximum absolute atomic E-state index is 11.7. The summed E-state index contributed by atoms with van der Waals surface area (Å²) in [5, 5.41) is 1.02. The Morgan fingerprint density at radius 1 is 0.864 bits per heavy atom. The van der Waals surface area contributed by atoms with Gasteiger partial charge in [0.2, 0.25) is 0 Å². The van der Waals surface area contributed by atoms with E-state index in [1.54, 1.807) is 12.1 Å². The van der Waals surface area contributed by atoms with E-state index in [4.69, 9.17) is 4.42 Å². The minimum atomic E-state index is -0.0493. The molecule has 0 fully saturated rings. The fourth-order valence-corrected chi connectivity index (χ4v) is 3.12. The molecule has 4 rings (SSSR count). The Labute approximate surface area is 135 Å². The van der Waals surface area contributed by atoms with Crippen molar-refractivity contribution in [2.24, 2.45) is 0 Å². The molecule has 22 heavy (non-hydrogen) atoms. The van der Waals surface area contributed by atoms with Crippen molar-refractivity contribution in [1.29, 1.82) is 0 Å². The maximum atomic E-state index is 11.7. The fraction of sp³-hybridized carbons (Fsp3) is 0. The largest absolute Gasteiger partial charge is 0.456 e. The van der Waals surface area contributed by atoms with Gasteiger partial charge in [-0.1, -0.05) is 46.3 Å². The molecular formula is C19H11BrO2. The molecule has 2 aromatic carbocycles. The van der Waals surface area contributed by atoms with Gasteiger partial charge in [-0.3, -0.25) is 4.79 Å². The number of rotatable bonds is 1. The van der Waals surface area contributed by atoms with E-state index in [0.29, 0.717) is 5.76 Å². The minimum absolute atomic E-state index is 0.0493. The van der Waals surface area contributed by atoms with Gasteiger partial charge >= 0.3 is 0 Å². The Kier molecular flexibility index (Phi) is 3.09. The van der Waals surface area contributed by atoms with Crippen molar-refractivity contribution in [3.8, 4) is 22.5 Å². The van der Waals surface area contributed by atoms with Crippen LogP contribution in [-0.4, -0.2) is 0 Å². The van der Waals surface area contributed by atoms with Gasteiger partial charge in [0.1, 0.15) is 11.3 Å². The first-order valence-corrected chi connectivity index (χ1v) is 7.73. The van der Waals surface area contributed by atoms with Crippen LogP contribution >= 0.6 is 15.9 Å². The third-order valence-corrected chi connectivity index (χ3v) is 4.21. The van der Waals surface area contributed by atoms with Crippen LogP contribution in [0.4, 0.5) is 0 Å². The summed E-state index contributed by atoms with van der Waals surface area (Å²) >= 11 is 3.52. The quantitative estimate of drug-likeness (QED) is 0.434. The molecular weight excluding hydrogens is 340 g/mol. The van der Waals surface area contributed by atoms with Crippen LogP contribution < -0.4 is 5.43 Å². The van der Waals surface area contributed by atoms with Gasteiger partial charge in [-0.2, -0.15) is 0 Å². The summed E-state index contributed by atoms with van der Waals surface area (Å²) in [5.74, 6) is 0.612. The molecule has 0 bridgehead atoms. The van der Waals surface area contributed by atoms with Gasteiger partial charge in [-0.25, -0.2) is 0 Å². The van der Waals surface area contributed by atoms with E-state index < -0.39 is 0 Å². The molecule has 0 spiro atoms. The van der Waals surface area contributed by atoms with Crippen molar-refractivity contribution in [1.82, 2.24) is 0 Å². The zero-order valence-corrected chi connectivity index (χ0v) is 13.1. The fourth-order valence-electron chi connectivity index (χ4n) is 2.76. The second-order valence-corrected chi connectivity index (χ2v) is 6.06. The summed E-state index contributed by atoms with van der Waals surface area (Å²) in [5.41, 5.74) is 3.84. The number of hydrogen-bond donors (Lipinski definition) is 0. The lowest BCUT2D eigenvalue weighted by atomic mass is 9.94. The number of fused-ring (bicyclic) bond motifs is 2. The predicted molar refractivity (Wildman–Crippen MR) is 92.2 cm³/mol. The van der Waals surface area contributed by atoms with Crippen LogP contribution in [-0.2, 0) is 0 Å². The molecule has 0 atom stereocenters. The van der Waals surface area contributed by atoms with Crippen molar-refractivity contribution < 1.29 is 4.42 Å². The van der Waals surface area contributed by atoms with Crippen molar-refractivity contribution in [2.45, 2.75) is 0 Å².